The maximum absolute atomic E-state index is 11.8. The van der Waals surface area contributed by atoms with Crippen LogP contribution in [0.4, 0.5) is 0 Å². The molecular formula is C23H27N5O3S. The van der Waals surface area contributed by atoms with Crippen molar-refractivity contribution in [1.29, 1.82) is 0 Å². The minimum atomic E-state index is -0.0877. The lowest BCUT2D eigenvalue weighted by atomic mass is 9.92. The summed E-state index contributed by atoms with van der Waals surface area (Å²) in [5.41, 5.74) is 2.58. The van der Waals surface area contributed by atoms with Gasteiger partial charge < -0.3 is 19.0 Å². The molecule has 1 aliphatic heterocycles. The number of benzene rings is 1. The SMILES string of the molecule is CC(=O)c1cc(C23CC2CN(CCCSc2nnc(-c4ocnc4C)n2C)C3)ccc1O. The Morgan fingerprint density at radius 3 is 2.97 bits per heavy atom. The summed E-state index contributed by atoms with van der Waals surface area (Å²) in [6, 6.07) is 5.56. The Kier molecular flexibility index (Phi) is 5.33. The van der Waals surface area contributed by atoms with Gasteiger partial charge in [0, 0.05) is 31.3 Å². The zero-order valence-corrected chi connectivity index (χ0v) is 19.4. The van der Waals surface area contributed by atoms with Crippen LogP contribution >= 0.6 is 11.8 Å². The Labute approximate surface area is 191 Å². The highest BCUT2D eigenvalue weighted by atomic mass is 32.2. The van der Waals surface area contributed by atoms with Crippen LogP contribution in [0.15, 0.2) is 34.2 Å². The van der Waals surface area contributed by atoms with Crippen LogP contribution in [-0.2, 0) is 12.5 Å². The number of carbonyl (C=O) groups is 1. The van der Waals surface area contributed by atoms with Gasteiger partial charge in [-0.25, -0.2) is 4.98 Å². The number of phenols is 1. The fourth-order valence-corrected chi connectivity index (χ4v) is 5.77. The summed E-state index contributed by atoms with van der Waals surface area (Å²) in [4.78, 5) is 18.5. The van der Waals surface area contributed by atoms with Crippen LogP contribution in [-0.4, -0.2) is 60.9 Å². The third-order valence-electron chi connectivity index (χ3n) is 6.80. The normalized spacial score (nSPS) is 22.3. The number of oxazole rings is 1. The third-order valence-corrected chi connectivity index (χ3v) is 7.91. The monoisotopic (exact) mass is 453 g/mol. The van der Waals surface area contributed by atoms with E-state index in [1.807, 2.05) is 30.7 Å². The van der Waals surface area contributed by atoms with Crippen molar-refractivity contribution in [2.45, 2.75) is 37.3 Å². The molecule has 0 radical (unpaired) electrons. The maximum Gasteiger partial charge on any atom is 0.202 e. The molecule has 2 aliphatic rings. The second-order valence-electron chi connectivity index (χ2n) is 8.91. The topological polar surface area (TPSA) is 97.3 Å². The van der Waals surface area contributed by atoms with Crippen LogP contribution in [0.5, 0.6) is 5.75 Å². The summed E-state index contributed by atoms with van der Waals surface area (Å²) in [7, 11) is 1.95. The second kappa shape index (κ2) is 8.04. The van der Waals surface area contributed by atoms with E-state index in [-0.39, 0.29) is 16.9 Å². The molecule has 5 rings (SSSR count). The Morgan fingerprint density at radius 1 is 1.38 bits per heavy atom. The van der Waals surface area contributed by atoms with E-state index in [1.165, 1.54) is 25.3 Å². The van der Waals surface area contributed by atoms with Crippen molar-refractivity contribution in [2.75, 3.05) is 25.4 Å². The summed E-state index contributed by atoms with van der Waals surface area (Å²) < 4.78 is 7.40. The number of hydrogen-bond acceptors (Lipinski definition) is 8. The third kappa shape index (κ3) is 3.63. The molecule has 1 aliphatic carbocycles. The molecule has 2 fully saturated rings. The van der Waals surface area contributed by atoms with Gasteiger partial charge in [-0.15, -0.1) is 10.2 Å². The molecule has 168 valence electrons. The molecule has 9 heteroatoms. The number of phenolic OH excluding ortho intramolecular Hbond substituents is 1. The molecule has 1 saturated heterocycles. The van der Waals surface area contributed by atoms with Crippen LogP contribution in [0, 0.1) is 12.8 Å². The molecule has 1 saturated carbocycles. The van der Waals surface area contributed by atoms with E-state index >= 15 is 0 Å². The van der Waals surface area contributed by atoms with E-state index in [4.69, 9.17) is 4.42 Å². The highest BCUT2D eigenvalue weighted by Crippen LogP contribution is 2.59. The summed E-state index contributed by atoms with van der Waals surface area (Å²) in [5.74, 6) is 2.95. The predicted molar refractivity (Wildman–Crippen MR) is 121 cm³/mol. The lowest BCUT2D eigenvalue weighted by molar-refractivity contribution is 0.101. The summed E-state index contributed by atoms with van der Waals surface area (Å²) in [5, 5.41) is 19.4. The van der Waals surface area contributed by atoms with Crippen molar-refractivity contribution in [1.82, 2.24) is 24.6 Å². The number of likely N-dealkylation sites (tertiary alicyclic amines) is 1. The van der Waals surface area contributed by atoms with E-state index in [9.17, 15) is 9.90 Å². The Hall–Kier alpha value is -2.65. The van der Waals surface area contributed by atoms with Crippen LogP contribution in [0.25, 0.3) is 11.6 Å². The lowest BCUT2D eigenvalue weighted by Gasteiger charge is -2.21. The Balaban J connectivity index is 1.15. The maximum atomic E-state index is 11.8. The van der Waals surface area contributed by atoms with E-state index < -0.39 is 0 Å². The number of piperidine rings is 1. The number of Topliss-reactive ketones (excluding diaryl/α,β-unsaturated/α-hetero) is 1. The number of carbonyl (C=O) groups excluding carboxylic acids is 1. The van der Waals surface area contributed by atoms with Gasteiger partial charge in [-0.2, -0.15) is 0 Å². The lowest BCUT2D eigenvalue weighted by Crippen LogP contribution is -2.28. The summed E-state index contributed by atoms with van der Waals surface area (Å²) in [6.45, 7) is 6.55. The van der Waals surface area contributed by atoms with Crippen molar-refractivity contribution < 1.29 is 14.3 Å². The molecule has 8 nitrogen and oxygen atoms in total. The number of nitrogens with zero attached hydrogens (tertiary/aromatic N) is 5. The van der Waals surface area contributed by atoms with Crippen LogP contribution < -0.4 is 0 Å². The molecule has 0 amide bonds. The number of aromatic nitrogens is 4. The quantitative estimate of drug-likeness (QED) is 0.315. The molecule has 2 unspecified atom stereocenters. The van der Waals surface area contributed by atoms with Crippen molar-refractivity contribution >= 4 is 17.5 Å². The fourth-order valence-electron chi connectivity index (χ4n) is 4.94. The predicted octanol–water partition coefficient (Wildman–Crippen LogP) is 3.44. The molecule has 1 aromatic carbocycles. The largest absolute Gasteiger partial charge is 0.507 e. The summed E-state index contributed by atoms with van der Waals surface area (Å²) in [6.07, 6.45) is 3.66. The van der Waals surface area contributed by atoms with Crippen LogP contribution in [0.1, 0.15) is 41.4 Å². The van der Waals surface area contributed by atoms with Crippen molar-refractivity contribution in [2.24, 2.45) is 13.0 Å². The van der Waals surface area contributed by atoms with Gasteiger partial charge in [-0.05, 0) is 56.8 Å². The zero-order valence-electron chi connectivity index (χ0n) is 18.5. The zero-order chi connectivity index (χ0) is 22.5. The van der Waals surface area contributed by atoms with Gasteiger partial charge in [0.15, 0.2) is 23.1 Å². The van der Waals surface area contributed by atoms with Gasteiger partial charge in [0.25, 0.3) is 0 Å². The molecule has 0 bridgehead atoms. The summed E-state index contributed by atoms with van der Waals surface area (Å²) >= 11 is 1.70. The first-order valence-electron chi connectivity index (χ1n) is 10.9. The first-order chi connectivity index (χ1) is 15.4. The standard InChI is InChI=1S/C23H27N5O3S/c1-14-20(31-13-24-14)21-25-26-22(27(21)3)32-8-4-7-28-11-17-10-23(17,12-28)16-5-6-19(30)18(9-16)15(2)29/h5-6,9,13,17,30H,4,7-8,10-12H2,1-3H3. The average Bonchev–Trinajstić information content (AvgIpc) is 3.06. The Bertz CT molecular complexity index is 1170. The number of aromatic hydroxyl groups is 1. The number of thioether (sulfide) groups is 1. The molecule has 2 aromatic heterocycles. The van der Waals surface area contributed by atoms with Gasteiger partial charge in [0.2, 0.25) is 5.82 Å². The van der Waals surface area contributed by atoms with Crippen molar-refractivity contribution in [3.63, 3.8) is 0 Å². The van der Waals surface area contributed by atoms with E-state index in [0.717, 1.165) is 42.7 Å². The number of ketones is 1. The molecular weight excluding hydrogens is 426 g/mol. The van der Waals surface area contributed by atoms with Crippen molar-refractivity contribution in [3.05, 3.63) is 41.4 Å². The number of fused-ring (bicyclic) bond motifs is 1. The Morgan fingerprint density at radius 2 is 2.22 bits per heavy atom. The molecule has 3 heterocycles. The van der Waals surface area contributed by atoms with E-state index in [2.05, 4.69) is 20.1 Å². The fraction of sp³-hybridized carbons (Fsp3) is 0.478. The highest BCUT2D eigenvalue weighted by Gasteiger charge is 2.60. The van der Waals surface area contributed by atoms with E-state index in [1.54, 1.807) is 17.8 Å². The minimum Gasteiger partial charge on any atom is -0.507 e. The van der Waals surface area contributed by atoms with Gasteiger partial charge in [-0.3, -0.25) is 4.79 Å². The van der Waals surface area contributed by atoms with Gasteiger partial charge in [0.1, 0.15) is 5.75 Å². The van der Waals surface area contributed by atoms with Gasteiger partial charge in [0.05, 0.1) is 11.3 Å². The minimum absolute atomic E-state index is 0.0760. The molecule has 32 heavy (non-hydrogen) atoms. The molecule has 1 N–H and O–H groups in total. The molecule has 3 aromatic rings. The van der Waals surface area contributed by atoms with Crippen LogP contribution in [0.2, 0.25) is 0 Å². The molecule has 2 atom stereocenters. The van der Waals surface area contributed by atoms with Crippen molar-refractivity contribution in [3.8, 4) is 17.3 Å². The smallest absolute Gasteiger partial charge is 0.202 e. The first-order valence-corrected chi connectivity index (χ1v) is 11.9. The average molecular weight is 454 g/mol. The van der Waals surface area contributed by atoms with Gasteiger partial charge >= 0.3 is 0 Å². The van der Waals surface area contributed by atoms with E-state index in [0.29, 0.717) is 23.1 Å². The highest BCUT2D eigenvalue weighted by molar-refractivity contribution is 7.99. The number of hydrogen-bond donors (Lipinski definition) is 1. The second-order valence-corrected chi connectivity index (χ2v) is 9.98. The first kappa shape index (κ1) is 21.2. The number of rotatable bonds is 8. The van der Waals surface area contributed by atoms with Gasteiger partial charge in [-0.1, -0.05) is 17.8 Å². The van der Waals surface area contributed by atoms with Crippen LogP contribution in [0.3, 0.4) is 0 Å². The number of aryl methyl sites for hydroxylation is 1. The molecule has 0 spiro atoms.